The largest absolute Gasteiger partial charge is 0.481 e. The Balaban J connectivity index is 2.09. The fourth-order valence-electron chi connectivity index (χ4n) is 3.16. The Morgan fingerprint density at radius 3 is 2.50 bits per heavy atom. The first-order valence-electron chi connectivity index (χ1n) is 6.80. The van der Waals surface area contributed by atoms with Gasteiger partial charge in [0.15, 0.2) is 11.5 Å². The highest BCUT2D eigenvalue weighted by Crippen LogP contribution is 2.49. The molecule has 20 heavy (non-hydrogen) atoms. The summed E-state index contributed by atoms with van der Waals surface area (Å²) in [5.41, 5.74) is -0.123. The van der Waals surface area contributed by atoms with Crippen LogP contribution in [0.25, 0.3) is 0 Å². The molecule has 1 aromatic rings. The third kappa shape index (κ3) is 1.94. The summed E-state index contributed by atoms with van der Waals surface area (Å²) in [7, 11) is 0. The number of carboxylic acids is 1. The van der Waals surface area contributed by atoms with E-state index in [-0.39, 0.29) is 0 Å². The molecule has 0 amide bonds. The molecule has 3 rings (SSSR count). The van der Waals surface area contributed by atoms with Crippen LogP contribution in [0.4, 0.5) is 0 Å². The monoisotopic (exact) mass is 296 g/mol. The molecule has 1 N–H and O–H groups in total. The van der Waals surface area contributed by atoms with E-state index in [1.165, 1.54) is 0 Å². The van der Waals surface area contributed by atoms with Gasteiger partial charge in [0.1, 0.15) is 0 Å². The van der Waals surface area contributed by atoms with Crippen LogP contribution < -0.4 is 9.47 Å². The van der Waals surface area contributed by atoms with E-state index in [2.05, 4.69) is 0 Å². The van der Waals surface area contributed by atoms with Crippen molar-refractivity contribution in [1.29, 1.82) is 0 Å². The number of carboxylic acid groups (broad SMARTS) is 1. The van der Waals surface area contributed by atoms with E-state index in [1.807, 2.05) is 0 Å². The first-order valence-corrected chi connectivity index (χ1v) is 7.17. The third-order valence-electron chi connectivity index (χ3n) is 4.13. The van der Waals surface area contributed by atoms with Crippen LogP contribution in [-0.4, -0.2) is 16.9 Å². The smallest absolute Gasteiger partial charge is 0.314 e. The molecule has 0 atom stereocenters. The maximum absolute atomic E-state index is 11.7. The zero-order valence-electron chi connectivity index (χ0n) is 11.5. The second kappa shape index (κ2) is 4.29. The van der Waals surface area contributed by atoms with Crippen molar-refractivity contribution in [3.63, 3.8) is 0 Å². The predicted molar refractivity (Wildman–Crippen MR) is 74.6 cm³/mol. The molecule has 1 aliphatic carbocycles. The van der Waals surface area contributed by atoms with Crippen LogP contribution in [0, 0.1) is 0 Å². The Labute approximate surface area is 122 Å². The number of hydrogen-bond donors (Lipinski definition) is 1. The van der Waals surface area contributed by atoms with Gasteiger partial charge in [0.25, 0.3) is 0 Å². The molecule has 108 valence electrons. The summed E-state index contributed by atoms with van der Waals surface area (Å²) >= 11 is 6.25. The molecule has 0 unspecified atom stereocenters. The van der Waals surface area contributed by atoms with Crippen molar-refractivity contribution in [2.24, 2.45) is 0 Å². The molecule has 1 saturated carbocycles. The minimum Gasteiger partial charge on any atom is -0.481 e. The first kappa shape index (κ1) is 13.6. The molecule has 0 bridgehead atoms. The quantitative estimate of drug-likeness (QED) is 0.903. The highest BCUT2D eigenvalue weighted by Gasteiger charge is 2.45. The summed E-state index contributed by atoms with van der Waals surface area (Å²) in [6.07, 6.45) is 3.12. The Morgan fingerprint density at radius 1 is 1.25 bits per heavy atom. The number of carbonyl (C=O) groups is 1. The summed E-state index contributed by atoms with van der Waals surface area (Å²) < 4.78 is 11.3. The maximum atomic E-state index is 11.7. The van der Waals surface area contributed by atoms with E-state index < -0.39 is 17.2 Å². The average molecular weight is 297 g/mol. The average Bonchev–Trinajstić information content (AvgIpc) is 2.92. The molecule has 2 aliphatic rings. The van der Waals surface area contributed by atoms with E-state index >= 15 is 0 Å². The zero-order chi connectivity index (χ0) is 14.5. The van der Waals surface area contributed by atoms with E-state index in [0.29, 0.717) is 34.9 Å². The minimum atomic E-state index is -0.839. The van der Waals surface area contributed by atoms with Crippen molar-refractivity contribution in [2.75, 3.05) is 0 Å². The lowest BCUT2D eigenvalue weighted by atomic mass is 9.79. The van der Waals surface area contributed by atoms with Gasteiger partial charge < -0.3 is 14.6 Å². The fraction of sp³-hybridized carbons (Fsp3) is 0.533. The van der Waals surface area contributed by atoms with Gasteiger partial charge in [0, 0.05) is 13.8 Å². The molecule has 5 heteroatoms. The van der Waals surface area contributed by atoms with E-state index in [0.717, 1.165) is 12.8 Å². The molecule has 4 nitrogen and oxygen atoms in total. The fourth-order valence-corrected chi connectivity index (χ4v) is 3.40. The van der Waals surface area contributed by atoms with Crippen LogP contribution in [0.2, 0.25) is 5.02 Å². The molecule has 0 spiro atoms. The Morgan fingerprint density at radius 2 is 1.90 bits per heavy atom. The van der Waals surface area contributed by atoms with Gasteiger partial charge in [-0.25, -0.2) is 0 Å². The van der Waals surface area contributed by atoms with Gasteiger partial charge in [-0.1, -0.05) is 24.4 Å². The number of halogens is 1. The molecule has 1 fully saturated rings. The van der Waals surface area contributed by atoms with Crippen molar-refractivity contribution in [3.05, 3.63) is 22.7 Å². The topological polar surface area (TPSA) is 55.8 Å². The van der Waals surface area contributed by atoms with Crippen LogP contribution in [0.1, 0.15) is 45.1 Å². The van der Waals surface area contributed by atoms with Crippen molar-refractivity contribution in [3.8, 4) is 11.5 Å². The third-order valence-corrected chi connectivity index (χ3v) is 4.41. The SMILES string of the molecule is CC1(C)Oc2cc(C3(C(=O)O)CCCC3)cc(Cl)c2O1. The number of ether oxygens (including phenoxy) is 2. The van der Waals surface area contributed by atoms with Gasteiger partial charge in [0.2, 0.25) is 5.79 Å². The van der Waals surface area contributed by atoms with Gasteiger partial charge in [-0.15, -0.1) is 0 Å². The van der Waals surface area contributed by atoms with Crippen molar-refractivity contribution in [2.45, 2.75) is 50.7 Å². The molecule has 0 aromatic heterocycles. The highest BCUT2D eigenvalue weighted by atomic mass is 35.5. The number of rotatable bonds is 2. The highest BCUT2D eigenvalue weighted by molar-refractivity contribution is 6.32. The molecule has 1 aromatic carbocycles. The van der Waals surface area contributed by atoms with Gasteiger partial charge in [-0.05, 0) is 30.5 Å². The van der Waals surface area contributed by atoms with Crippen molar-refractivity contribution >= 4 is 17.6 Å². The van der Waals surface area contributed by atoms with Gasteiger partial charge >= 0.3 is 5.97 Å². The second-order valence-corrected chi connectivity index (χ2v) is 6.39. The normalized spacial score (nSPS) is 21.9. The van der Waals surface area contributed by atoms with Crippen LogP contribution >= 0.6 is 11.6 Å². The number of aliphatic carboxylic acids is 1. The lowest BCUT2D eigenvalue weighted by Crippen LogP contribution is -2.32. The van der Waals surface area contributed by atoms with E-state index in [4.69, 9.17) is 21.1 Å². The van der Waals surface area contributed by atoms with Crippen molar-refractivity contribution in [1.82, 2.24) is 0 Å². The Kier molecular flexibility index (Phi) is 2.91. The zero-order valence-corrected chi connectivity index (χ0v) is 12.3. The van der Waals surface area contributed by atoms with Gasteiger partial charge in [0.05, 0.1) is 10.4 Å². The molecule has 1 aliphatic heterocycles. The summed E-state index contributed by atoms with van der Waals surface area (Å²) in [6, 6.07) is 3.49. The van der Waals surface area contributed by atoms with Crippen LogP contribution in [-0.2, 0) is 10.2 Å². The van der Waals surface area contributed by atoms with Crippen LogP contribution in [0.5, 0.6) is 11.5 Å². The van der Waals surface area contributed by atoms with Crippen LogP contribution in [0.15, 0.2) is 12.1 Å². The van der Waals surface area contributed by atoms with Crippen molar-refractivity contribution < 1.29 is 19.4 Å². The standard InChI is InChI=1S/C15H17ClO4/c1-14(2)19-11-8-9(7-10(16)12(11)20-14)15(13(17)18)5-3-4-6-15/h7-8H,3-6H2,1-2H3,(H,17,18). The molecule has 0 saturated heterocycles. The molecule has 1 heterocycles. The summed E-state index contributed by atoms with van der Waals surface area (Å²) in [5, 5.41) is 10.1. The first-order chi connectivity index (χ1) is 9.34. The number of fused-ring (bicyclic) bond motifs is 1. The molecular formula is C15H17ClO4. The lowest BCUT2D eigenvalue weighted by Gasteiger charge is -2.24. The number of benzene rings is 1. The Hall–Kier alpha value is -1.42. The summed E-state index contributed by atoms with van der Waals surface area (Å²) in [5.74, 6) is -0.524. The van der Waals surface area contributed by atoms with Crippen LogP contribution in [0.3, 0.4) is 0 Å². The second-order valence-electron chi connectivity index (χ2n) is 5.98. The Bertz CT molecular complexity index is 573. The molecule has 0 radical (unpaired) electrons. The predicted octanol–water partition coefficient (Wildman–Crippen LogP) is 3.74. The lowest BCUT2D eigenvalue weighted by molar-refractivity contribution is -0.143. The van der Waals surface area contributed by atoms with E-state index in [1.54, 1.807) is 26.0 Å². The summed E-state index contributed by atoms with van der Waals surface area (Å²) in [6.45, 7) is 3.59. The minimum absolute atomic E-state index is 0.413. The van der Waals surface area contributed by atoms with E-state index in [9.17, 15) is 9.90 Å². The van der Waals surface area contributed by atoms with Gasteiger partial charge in [-0.3, -0.25) is 4.79 Å². The number of hydrogen-bond acceptors (Lipinski definition) is 3. The van der Waals surface area contributed by atoms with Gasteiger partial charge in [-0.2, -0.15) is 0 Å². The molecular weight excluding hydrogens is 280 g/mol. The maximum Gasteiger partial charge on any atom is 0.314 e. The summed E-state index contributed by atoms with van der Waals surface area (Å²) in [4.78, 5) is 11.7.